The summed E-state index contributed by atoms with van der Waals surface area (Å²) in [5.74, 6) is 3.03. The van der Waals surface area contributed by atoms with Crippen LogP contribution in [0.5, 0.6) is 0 Å². The molecule has 3 heterocycles. The summed E-state index contributed by atoms with van der Waals surface area (Å²) in [6.07, 6.45) is 7.86. The number of anilines is 2. The van der Waals surface area contributed by atoms with Crippen molar-refractivity contribution < 1.29 is 4.79 Å². The number of carbonyl (C=O) groups is 1. The number of likely N-dealkylation sites (tertiary alicyclic amines) is 1. The molecular weight excluding hydrogens is 340 g/mol. The van der Waals surface area contributed by atoms with Crippen LogP contribution in [0.2, 0.25) is 0 Å². The maximum absolute atomic E-state index is 12.6. The van der Waals surface area contributed by atoms with E-state index in [4.69, 9.17) is 0 Å². The van der Waals surface area contributed by atoms with E-state index in [0.717, 1.165) is 69.7 Å². The van der Waals surface area contributed by atoms with Crippen LogP contribution in [-0.2, 0) is 4.79 Å². The van der Waals surface area contributed by atoms with E-state index in [1.165, 1.54) is 19.3 Å². The summed E-state index contributed by atoms with van der Waals surface area (Å²) in [5, 5.41) is 3.42. The van der Waals surface area contributed by atoms with Crippen LogP contribution in [0.25, 0.3) is 0 Å². The molecule has 0 aromatic carbocycles. The molecule has 3 fully saturated rings. The molecule has 0 spiro atoms. The van der Waals surface area contributed by atoms with Gasteiger partial charge in [0.2, 0.25) is 5.91 Å². The lowest BCUT2D eigenvalue weighted by atomic mass is 10.0. The Hall–Kier alpha value is -1.89. The van der Waals surface area contributed by atoms with Crippen molar-refractivity contribution in [3.05, 3.63) is 12.4 Å². The summed E-state index contributed by atoms with van der Waals surface area (Å²) < 4.78 is 0. The first-order chi connectivity index (χ1) is 13.2. The average Bonchev–Trinajstić information content (AvgIpc) is 3.52. The van der Waals surface area contributed by atoms with Gasteiger partial charge in [0.25, 0.3) is 0 Å². The molecule has 1 amide bonds. The normalized spacial score (nSPS) is 24.1. The van der Waals surface area contributed by atoms with E-state index in [1.807, 2.05) is 0 Å². The minimum atomic E-state index is 0.296. The zero-order valence-corrected chi connectivity index (χ0v) is 16.4. The predicted octanol–water partition coefficient (Wildman–Crippen LogP) is 1.82. The van der Waals surface area contributed by atoms with Gasteiger partial charge in [-0.1, -0.05) is 0 Å². The molecule has 1 atom stereocenters. The third kappa shape index (κ3) is 4.89. The van der Waals surface area contributed by atoms with Gasteiger partial charge in [-0.2, -0.15) is 0 Å². The summed E-state index contributed by atoms with van der Waals surface area (Å²) in [5.41, 5.74) is 0. The Bertz CT molecular complexity index is 641. The molecule has 0 radical (unpaired) electrons. The maximum atomic E-state index is 12.6. The van der Waals surface area contributed by atoms with Crippen molar-refractivity contribution in [2.24, 2.45) is 5.92 Å². The van der Waals surface area contributed by atoms with E-state index in [2.05, 4.69) is 43.0 Å². The summed E-state index contributed by atoms with van der Waals surface area (Å²) >= 11 is 0. The van der Waals surface area contributed by atoms with E-state index in [9.17, 15) is 4.79 Å². The van der Waals surface area contributed by atoms with Crippen LogP contribution in [0.1, 0.15) is 39.0 Å². The molecule has 1 aliphatic carbocycles. The minimum absolute atomic E-state index is 0.296. The molecule has 0 unspecified atom stereocenters. The molecule has 7 nitrogen and oxygen atoms in total. The van der Waals surface area contributed by atoms with Crippen LogP contribution in [0, 0.1) is 5.92 Å². The van der Waals surface area contributed by atoms with E-state index < -0.39 is 0 Å². The van der Waals surface area contributed by atoms with E-state index in [-0.39, 0.29) is 0 Å². The number of hydrogen-bond acceptors (Lipinski definition) is 6. The van der Waals surface area contributed by atoms with E-state index in [1.54, 1.807) is 6.33 Å². The quantitative estimate of drug-likeness (QED) is 0.822. The van der Waals surface area contributed by atoms with Crippen molar-refractivity contribution in [2.45, 2.75) is 45.1 Å². The number of piperidine rings is 1. The summed E-state index contributed by atoms with van der Waals surface area (Å²) in [6.45, 7) is 8.29. The van der Waals surface area contributed by atoms with Crippen LogP contribution < -0.4 is 10.2 Å². The van der Waals surface area contributed by atoms with Crippen molar-refractivity contribution >= 4 is 17.5 Å². The van der Waals surface area contributed by atoms with E-state index >= 15 is 0 Å². The number of amides is 1. The van der Waals surface area contributed by atoms with Gasteiger partial charge < -0.3 is 15.1 Å². The third-order valence-electron chi connectivity index (χ3n) is 6.10. The van der Waals surface area contributed by atoms with Crippen molar-refractivity contribution in [1.82, 2.24) is 19.8 Å². The number of nitrogens with one attached hydrogen (secondary N) is 1. The van der Waals surface area contributed by atoms with Gasteiger partial charge in [0.15, 0.2) is 0 Å². The van der Waals surface area contributed by atoms with Crippen LogP contribution in [0.4, 0.5) is 11.6 Å². The molecule has 1 N–H and O–H groups in total. The standard InChI is InChI=1S/C20H32N6O/c1-16-4-2-3-7-26(16)20(27)14-24-8-10-25(11-9-24)19-12-18(22-15-23-19)21-13-17-5-6-17/h12,15-17H,2-11,13-14H2,1H3,(H,21,22,23)/t16-/m0/s1. The molecule has 1 aromatic heterocycles. The van der Waals surface area contributed by atoms with Crippen LogP contribution in [0.3, 0.4) is 0 Å². The Kier molecular flexibility index (Phi) is 5.76. The topological polar surface area (TPSA) is 64.6 Å². The average molecular weight is 373 g/mol. The van der Waals surface area contributed by atoms with E-state index in [0.29, 0.717) is 18.5 Å². The summed E-state index contributed by atoms with van der Waals surface area (Å²) in [7, 11) is 0. The molecule has 0 bridgehead atoms. The van der Waals surface area contributed by atoms with Crippen molar-refractivity contribution in [3.8, 4) is 0 Å². The second kappa shape index (κ2) is 8.42. The highest BCUT2D eigenvalue weighted by Gasteiger charge is 2.26. The highest BCUT2D eigenvalue weighted by molar-refractivity contribution is 5.78. The van der Waals surface area contributed by atoms with Gasteiger partial charge in [0, 0.05) is 51.4 Å². The Morgan fingerprint density at radius 1 is 1.11 bits per heavy atom. The summed E-state index contributed by atoms with van der Waals surface area (Å²) in [4.78, 5) is 28.1. The molecule has 3 aliphatic rings. The van der Waals surface area contributed by atoms with Gasteiger partial charge in [0.05, 0.1) is 6.54 Å². The van der Waals surface area contributed by atoms with Crippen molar-refractivity contribution in [2.75, 3.05) is 56.0 Å². The van der Waals surface area contributed by atoms with Crippen molar-refractivity contribution in [3.63, 3.8) is 0 Å². The van der Waals surface area contributed by atoms with Gasteiger partial charge in [-0.25, -0.2) is 9.97 Å². The van der Waals surface area contributed by atoms with Crippen LogP contribution >= 0.6 is 0 Å². The molecule has 7 heteroatoms. The van der Waals surface area contributed by atoms with Crippen LogP contribution in [-0.4, -0.2) is 77.5 Å². The first-order valence-electron chi connectivity index (χ1n) is 10.5. The lowest BCUT2D eigenvalue weighted by molar-refractivity contribution is -0.135. The zero-order valence-electron chi connectivity index (χ0n) is 16.4. The molecule has 2 saturated heterocycles. The Labute approximate surface area is 162 Å². The fraction of sp³-hybridized carbons (Fsp3) is 0.750. The Morgan fingerprint density at radius 2 is 1.93 bits per heavy atom. The van der Waals surface area contributed by atoms with Gasteiger partial charge in [-0.3, -0.25) is 9.69 Å². The predicted molar refractivity (Wildman–Crippen MR) is 107 cm³/mol. The highest BCUT2D eigenvalue weighted by atomic mass is 16.2. The lowest BCUT2D eigenvalue weighted by Crippen LogP contribution is -2.52. The summed E-state index contributed by atoms with van der Waals surface area (Å²) in [6, 6.07) is 2.45. The number of carbonyl (C=O) groups excluding carboxylic acids is 1. The van der Waals surface area contributed by atoms with Crippen molar-refractivity contribution in [1.29, 1.82) is 0 Å². The third-order valence-corrected chi connectivity index (χ3v) is 6.10. The number of aromatic nitrogens is 2. The molecule has 148 valence electrons. The Morgan fingerprint density at radius 3 is 2.67 bits per heavy atom. The zero-order chi connectivity index (χ0) is 18.6. The smallest absolute Gasteiger partial charge is 0.236 e. The largest absolute Gasteiger partial charge is 0.370 e. The molecule has 2 aliphatic heterocycles. The number of piperazine rings is 1. The number of hydrogen-bond donors (Lipinski definition) is 1. The van der Waals surface area contributed by atoms with Crippen LogP contribution in [0.15, 0.2) is 12.4 Å². The molecule has 27 heavy (non-hydrogen) atoms. The second-order valence-electron chi connectivity index (χ2n) is 8.28. The lowest BCUT2D eigenvalue weighted by Gasteiger charge is -2.38. The van der Waals surface area contributed by atoms with Gasteiger partial charge in [-0.05, 0) is 44.9 Å². The van der Waals surface area contributed by atoms with Gasteiger partial charge in [0.1, 0.15) is 18.0 Å². The first kappa shape index (κ1) is 18.5. The fourth-order valence-electron chi connectivity index (χ4n) is 4.07. The molecule has 1 aromatic rings. The number of nitrogens with zero attached hydrogens (tertiary/aromatic N) is 5. The monoisotopic (exact) mass is 372 g/mol. The molecule has 1 saturated carbocycles. The Balaban J connectivity index is 1.26. The maximum Gasteiger partial charge on any atom is 0.236 e. The molecule has 4 rings (SSSR count). The van der Waals surface area contributed by atoms with Gasteiger partial charge in [-0.15, -0.1) is 0 Å². The second-order valence-corrected chi connectivity index (χ2v) is 8.28. The fourth-order valence-corrected chi connectivity index (χ4v) is 4.07. The number of rotatable bonds is 6. The first-order valence-corrected chi connectivity index (χ1v) is 10.5. The minimum Gasteiger partial charge on any atom is -0.370 e. The highest BCUT2D eigenvalue weighted by Crippen LogP contribution is 2.29. The molecular formula is C20H32N6O. The SMILES string of the molecule is C[C@H]1CCCCN1C(=O)CN1CCN(c2cc(NCC3CC3)ncn2)CC1. The van der Waals surface area contributed by atoms with Gasteiger partial charge >= 0.3 is 0 Å².